The molecule has 1 aromatic heterocycles. The first-order valence-electron chi connectivity index (χ1n) is 4.61. The van der Waals surface area contributed by atoms with E-state index in [9.17, 15) is 0 Å². The quantitative estimate of drug-likeness (QED) is 0.669. The summed E-state index contributed by atoms with van der Waals surface area (Å²) < 4.78 is 0. The summed E-state index contributed by atoms with van der Waals surface area (Å²) in [6, 6.07) is 6.04. The number of nitriles is 1. The molecule has 14 heavy (non-hydrogen) atoms. The molecule has 1 aliphatic heterocycles. The highest BCUT2D eigenvalue weighted by Crippen LogP contribution is 2.18. The molecular formula is C11H11N3. The lowest BCUT2D eigenvalue weighted by Crippen LogP contribution is -2.33. The van der Waals surface area contributed by atoms with Gasteiger partial charge in [-0.2, -0.15) is 5.26 Å². The van der Waals surface area contributed by atoms with Gasteiger partial charge in [-0.05, 0) is 17.7 Å². The molecule has 2 rings (SSSR count). The summed E-state index contributed by atoms with van der Waals surface area (Å²) in [5.74, 6) is 0.364. The molecule has 2 atom stereocenters. The molecule has 0 aliphatic carbocycles. The standard InChI is InChI=1S/C11H11N3/c12-7-11-2-1-10(8-14-11)9-3-5-13-6-4-9/h1-6,10-11,14H,8H2. The lowest BCUT2D eigenvalue weighted by atomic mass is 9.96. The van der Waals surface area contributed by atoms with Gasteiger partial charge < -0.3 is 0 Å². The van der Waals surface area contributed by atoms with Gasteiger partial charge in [-0.1, -0.05) is 12.2 Å². The first-order valence-corrected chi connectivity index (χ1v) is 4.61. The minimum atomic E-state index is -0.131. The molecule has 0 radical (unpaired) electrons. The lowest BCUT2D eigenvalue weighted by Gasteiger charge is -2.20. The molecule has 0 spiro atoms. The van der Waals surface area contributed by atoms with Gasteiger partial charge in [0, 0.05) is 24.9 Å². The Kier molecular flexibility index (Phi) is 2.57. The highest BCUT2D eigenvalue weighted by Gasteiger charge is 2.15. The minimum Gasteiger partial charge on any atom is -0.298 e. The highest BCUT2D eigenvalue weighted by atomic mass is 14.9. The Labute approximate surface area is 83.1 Å². The minimum absolute atomic E-state index is 0.131. The zero-order valence-electron chi connectivity index (χ0n) is 7.72. The fourth-order valence-electron chi connectivity index (χ4n) is 1.56. The summed E-state index contributed by atoms with van der Waals surface area (Å²) in [6.45, 7) is 0.818. The maximum Gasteiger partial charge on any atom is 0.114 e. The van der Waals surface area contributed by atoms with Crippen LogP contribution in [0.4, 0.5) is 0 Å². The molecule has 1 N–H and O–H groups in total. The van der Waals surface area contributed by atoms with E-state index in [4.69, 9.17) is 5.26 Å². The number of aromatic nitrogens is 1. The van der Waals surface area contributed by atoms with E-state index in [0.717, 1.165) is 6.54 Å². The molecule has 0 bridgehead atoms. The van der Waals surface area contributed by atoms with Crippen molar-refractivity contribution in [3.63, 3.8) is 0 Å². The van der Waals surface area contributed by atoms with Crippen LogP contribution in [0.15, 0.2) is 36.7 Å². The van der Waals surface area contributed by atoms with Crippen molar-refractivity contribution in [1.29, 1.82) is 5.26 Å². The molecular weight excluding hydrogens is 174 g/mol. The van der Waals surface area contributed by atoms with Crippen LogP contribution in [-0.2, 0) is 0 Å². The van der Waals surface area contributed by atoms with Gasteiger partial charge in [0.05, 0.1) is 6.07 Å². The van der Waals surface area contributed by atoms with Crippen molar-refractivity contribution in [3.8, 4) is 6.07 Å². The van der Waals surface area contributed by atoms with Crippen LogP contribution in [0, 0.1) is 11.3 Å². The molecule has 1 aromatic rings. The number of rotatable bonds is 1. The van der Waals surface area contributed by atoms with Gasteiger partial charge in [-0.3, -0.25) is 10.3 Å². The molecule has 0 saturated carbocycles. The molecule has 2 heterocycles. The molecule has 0 amide bonds. The van der Waals surface area contributed by atoms with Gasteiger partial charge in [-0.25, -0.2) is 0 Å². The molecule has 0 saturated heterocycles. The van der Waals surface area contributed by atoms with Crippen LogP contribution >= 0.6 is 0 Å². The second kappa shape index (κ2) is 4.03. The van der Waals surface area contributed by atoms with E-state index in [1.165, 1.54) is 5.56 Å². The van der Waals surface area contributed by atoms with Crippen molar-refractivity contribution in [2.45, 2.75) is 12.0 Å². The smallest absolute Gasteiger partial charge is 0.114 e. The molecule has 2 unspecified atom stereocenters. The summed E-state index contributed by atoms with van der Waals surface area (Å²) in [6.07, 6.45) is 7.58. The van der Waals surface area contributed by atoms with Crippen LogP contribution in [0.3, 0.4) is 0 Å². The largest absolute Gasteiger partial charge is 0.298 e. The second-order valence-corrected chi connectivity index (χ2v) is 3.29. The summed E-state index contributed by atoms with van der Waals surface area (Å²) in [7, 11) is 0. The van der Waals surface area contributed by atoms with E-state index in [-0.39, 0.29) is 6.04 Å². The Morgan fingerprint density at radius 1 is 1.36 bits per heavy atom. The number of pyridine rings is 1. The summed E-state index contributed by atoms with van der Waals surface area (Å²) in [4.78, 5) is 3.97. The molecule has 1 aliphatic rings. The van der Waals surface area contributed by atoms with E-state index >= 15 is 0 Å². The number of nitrogens with zero attached hydrogens (tertiary/aromatic N) is 2. The highest BCUT2D eigenvalue weighted by molar-refractivity contribution is 5.26. The zero-order chi connectivity index (χ0) is 9.80. The van der Waals surface area contributed by atoms with Crippen molar-refractivity contribution in [1.82, 2.24) is 10.3 Å². The lowest BCUT2D eigenvalue weighted by molar-refractivity contribution is 0.609. The Bertz CT molecular complexity index is 364. The van der Waals surface area contributed by atoms with Crippen molar-refractivity contribution >= 4 is 0 Å². The van der Waals surface area contributed by atoms with Crippen molar-refractivity contribution < 1.29 is 0 Å². The third kappa shape index (κ3) is 1.81. The van der Waals surface area contributed by atoms with Crippen LogP contribution in [0.5, 0.6) is 0 Å². The Morgan fingerprint density at radius 3 is 2.71 bits per heavy atom. The average molecular weight is 185 g/mol. The van der Waals surface area contributed by atoms with Gasteiger partial charge in [-0.15, -0.1) is 0 Å². The van der Waals surface area contributed by atoms with Crippen molar-refractivity contribution in [2.24, 2.45) is 0 Å². The Morgan fingerprint density at radius 2 is 2.14 bits per heavy atom. The van der Waals surface area contributed by atoms with E-state index in [1.807, 2.05) is 18.2 Å². The molecule has 0 fully saturated rings. The third-order valence-electron chi connectivity index (χ3n) is 2.37. The van der Waals surface area contributed by atoms with Crippen LogP contribution < -0.4 is 5.32 Å². The maximum absolute atomic E-state index is 8.67. The molecule has 3 heteroatoms. The van der Waals surface area contributed by atoms with Gasteiger partial charge in [0.25, 0.3) is 0 Å². The number of nitrogens with one attached hydrogen (secondary N) is 1. The SMILES string of the molecule is N#CC1C=CC(c2ccncc2)CN1. The summed E-state index contributed by atoms with van der Waals surface area (Å²) in [5, 5.41) is 11.8. The van der Waals surface area contributed by atoms with E-state index in [1.54, 1.807) is 12.4 Å². The van der Waals surface area contributed by atoms with E-state index in [0.29, 0.717) is 5.92 Å². The predicted molar refractivity (Wildman–Crippen MR) is 53.5 cm³/mol. The molecule has 70 valence electrons. The van der Waals surface area contributed by atoms with Gasteiger partial charge in [0.2, 0.25) is 0 Å². The zero-order valence-corrected chi connectivity index (χ0v) is 7.72. The Hall–Kier alpha value is -1.66. The van der Waals surface area contributed by atoms with Crippen molar-refractivity contribution in [2.75, 3.05) is 6.54 Å². The van der Waals surface area contributed by atoms with Crippen LogP contribution in [0.1, 0.15) is 11.5 Å². The van der Waals surface area contributed by atoms with Crippen molar-refractivity contribution in [3.05, 3.63) is 42.2 Å². The van der Waals surface area contributed by atoms with Crippen LogP contribution in [0.25, 0.3) is 0 Å². The fourth-order valence-corrected chi connectivity index (χ4v) is 1.56. The monoisotopic (exact) mass is 185 g/mol. The topological polar surface area (TPSA) is 48.7 Å². The van der Waals surface area contributed by atoms with Gasteiger partial charge >= 0.3 is 0 Å². The number of hydrogen-bond donors (Lipinski definition) is 1. The van der Waals surface area contributed by atoms with E-state index in [2.05, 4.69) is 22.4 Å². The fraction of sp³-hybridized carbons (Fsp3) is 0.273. The summed E-state index contributed by atoms with van der Waals surface area (Å²) in [5.41, 5.74) is 1.24. The predicted octanol–water partition coefficient (Wildman–Crippen LogP) is 1.22. The molecule has 3 nitrogen and oxygen atoms in total. The first-order chi connectivity index (χ1) is 6.90. The third-order valence-corrected chi connectivity index (χ3v) is 2.37. The average Bonchev–Trinajstić information content (AvgIpc) is 2.30. The first kappa shape index (κ1) is 8.92. The Balaban J connectivity index is 2.13. The normalized spacial score (nSPS) is 25.6. The maximum atomic E-state index is 8.67. The van der Waals surface area contributed by atoms with E-state index < -0.39 is 0 Å². The second-order valence-electron chi connectivity index (χ2n) is 3.29. The van der Waals surface area contributed by atoms with Gasteiger partial charge in [0.15, 0.2) is 0 Å². The summed E-state index contributed by atoms with van der Waals surface area (Å²) >= 11 is 0. The van der Waals surface area contributed by atoms with Crippen LogP contribution in [0.2, 0.25) is 0 Å². The number of hydrogen-bond acceptors (Lipinski definition) is 3. The molecule has 0 aromatic carbocycles. The van der Waals surface area contributed by atoms with Gasteiger partial charge in [0.1, 0.15) is 6.04 Å². The van der Waals surface area contributed by atoms with Crippen LogP contribution in [-0.4, -0.2) is 17.6 Å².